The SMILES string of the molecule is CCOCCCOc1cccc(F)c1C(N)=S. The van der Waals surface area contributed by atoms with Crippen LogP contribution in [-0.4, -0.2) is 24.8 Å². The number of benzene rings is 1. The van der Waals surface area contributed by atoms with Crippen molar-refractivity contribution in [2.75, 3.05) is 19.8 Å². The highest BCUT2D eigenvalue weighted by atomic mass is 32.1. The van der Waals surface area contributed by atoms with E-state index in [2.05, 4.69) is 0 Å². The van der Waals surface area contributed by atoms with Crippen LogP contribution in [0, 0.1) is 5.82 Å². The number of hydrogen-bond donors (Lipinski definition) is 1. The van der Waals surface area contributed by atoms with Gasteiger partial charge in [-0.3, -0.25) is 0 Å². The molecule has 3 nitrogen and oxygen atoms in total. The molecule has 0 unspecified atom stereocenters. The van der Waals surface area contributed by atoms with Gasteiger partial charge in [0.15, 0.2) is 0 Å². The first-order valence-corrected chi connectivity index (χ1v) is 5.86. The van der Waals surface area contributed by atoms with Crippen LogP contribution in [0.5, 0.6) is 5.75 Å². The lowest BCUT2D eigenvalue weighted by Gasteiger charge is -2.11. The van der Waals surface area contributed by atoms with Crippen LogP contribution in [0.2, 0.25) is 0 Å². The fourth-order valence-electron chi connectivity index (χ4n) is 1.35. The molecule has 1 aromatic carbocycles. The van der Waals surface area contributed by atoms with E-state index in [4.69, 9.17) is 27.4 Å². The third-order valence-corrected chi connectivity index (χ3v) is 2.32. The summed E-state index contributed by atoms with van der Waals surface area (Å²) in [5, 5.41) is 0. The summed E-state index contributed by atoms with van der Waals surface area (Å²) in [7, 11) is 0. The van der Waals surface area contributed by atoms with Crippen LogP contribution in [0.4, 0.5) is 4.39 Å². The van der Waals surface area contributed by atoms with Crippen LogP contribution in [0.3, 0.4) is 0 Å². The summed E-state index contributed by atoms with van der Waals surface area (Å²) < 4.78 is 24.1. The maximum absolute atomic E-state index is 13.5. The molecule has 0 radical (unpaired) electrons. The molecular formula is C12H16FNO2S. The number of ether oxygens (including phenoxy) is 2. The summed E-state index contributed by atoms with van der Waals surface area (Å²) in [4.78, 5) is 0.00269. The quantitative estimate of drug-likeness (QED) is 0.601. The number of halogens is 1. The Hall–Kier alpha value is -1.20. The van der Waals surface area contributed by atoms with Crippen molar-refractivity contribution in [1.29, 1.82) is 0 Å². The van der Waals surface area contributed by atoms with Gasteiger partial charge in [-0.25, -0.2) is 4.39 Å². The van der Waals surface area contributed by atoms with E-state index in [0.717, 1.165) is 6.42 Å². The molecule has 0 amide bonds. The average molecular weight is 257 g/mol. The van der Waals surface area contributed by atoms with E-state index in [0.29, 0.717) is 25.6 Å². The highest BCUT2D eigenvalue weighted by Gasteiger charge is 2.11. The molecular weight excluding hydrogens is 241 g/mol. The second-order valence-electron chi connectivity index (χ2n) is 3.38. The molecule has 0 saturated carbocycles. The summed E-state index contributed by atoms with van der Waals surface area (Å²) in [5.74, 6) is -0.0752. The molecule has 0 heterocycles. The minimum absolute atomic E-state index is 0.00269. The van der Waals surface area contributed by atoms with Crippen molar-refractivity contribution in [2.45, 2.75) is 13.3 Å². The maximum Gasteiger partial charge on any atom is 0.137 e. The topological polar surface area (TPSA) is 44.5 Å². The number of rotatable bonds is 7. The first kappa shape index (κ1) is 13.9. The van der Waals surface area contributed by atoms with Crippen molar-refractivity contribution in [3.05, 3.63) is 29.6 Å². The summed E-state index contributed by atoms with van der Waals surface area (Å²) >= 11 is 4.79. The van der Waals surface area contributed by atoms with Gasteiger partial charge in [-0.2, -0.15) is 0 Å². The molecule has 0 aliphatic heterocycles. The average Bonchev–Trinajstić information content (AvgIpc) is 2.28. The Morgan fingerprint density at radius 2 is 2.18 bits per heavy atom. The maximum atomic E-state index is 13.5. The van der Waals surface area contributed by atoms with Gasteiger partial charge in [0.2, 0.25) is 0 Å². The number of hydrogen-bond acceptors (Lipinski definition) is 3. The van der Waals surface area contributed by atoms with Gasteiger partial charge in [0.05, 0.1) is 12.2 Å². The Kier molecular flexibility index (Phi) is 5.86. The van der Waals surface area contributed by atoms with E-state index in [1.54, 1.807) is 12.1 Å². The zero-order chi connectivity index (χ0) is 12.7. The van der Waals surface area contributed by atoms with Gasteiger partial charge in [-0.1, -0.05) is 18.3 Å². The molecule has 5 heteroatoms. The van der Waals surface area contributed by atoms with Crippen molar-refractivity contribution in [1.82, 2.24) is 0 Å². The summed E-state index contributed by atoms with van der Waals surface area (Å²) in [6.07, 6.45) is 0.737. The molecule has 0 saturated heterocycles. The third kappa shape index (κ3) is 4.28. The monoisotopic (exact) mass is 257 g/mol. The summed E-state index contributed by atoms with van der Waals surface area (Å²) in [6.45, 7) is 3.67. The fourth-order valence-corrected chi connectivity index (χ4v) is 1.55. The van der Waals surface area contributed by atoms with Crippen LogP contribution >= 0.6 is 12.2 Å². The highest BCUT2D eigenvalue weighted by Crippen LogP contribution is 2.21. The Morgan fingerprint density at radius 3 is 2.82 bits per heavy atom. The zero-order valence-corrected chi connectivity index (χ0v) is 10.6. The molecule has 0 aliphatic rings. The van der Waals surface area contributed by atoms with Crippen molar-refractivity contribution in [3.8, 4) is 5.75 Å². The molecule has 0 fully saturated rings. The van der Waals surface area contributed by atoms with E-state index in [9.17, 15) is 4.39 Å². The van der Waals surface area contributed by atoms with Crippen LogP contribution in [0.25, 0.3) is 0 Å². The zero-order valence-electron chi connectivity index (χ0n) is 9.74. The number of thiocarbonyl (C=S) groups is 1. The number of nitrogens with two attached hydrogens (primary N) is 1. The van der Waals surface area contributed by atoms with E-state index in [1.807, 2.05) is 6.92 Å². The Morgan fingerprint density at radius 1 is 1.41 bits per heavy atom. The van der Waals surface area contributed by atoms with E-state index in [-0.39, 0.29) is 10.6 Å². The van der Waals surface area contributed by atoms with Crippen molar-refractivity contribution < 1.29 is 13.9 Å². The smallest absolute Gasteiger partial charge is 0.137 e. The lowest BCUT2D eigenvalue weighted by molar-refractivity contribution is 0.130. The standard InChI is InChI=1S/C12H16FNO2S/c1-2-15-7-4-8-16-10-6-3-5-9(13)11(10)12(14)17/h3,5-6H,2,4,7-8H2,1H3,(H2,14,17). The lowest BCUT2D eigenvalue weighted by atomic mass is 10.2. The minimum Gasteiger partial charge on any atom is -0.493 e. The first-order chi connectivity index (χ1) is 8.16. The van der Waals surface area contributed by atoms with Crippen LogP contribution < -0.4 is 10.5 Å². The largest absolute Gasteiger partial charge is 0.493 e. The van der Waals surface area contributed by atoms with E-state index in [1.165, 1.54) is 6.07 Å². The Balaban J connectivity index is 2.58. The van der Waals surface area contributed by atoms with Crippen LogP contribution in [-0.2, 0) is 4.74 Å². The molecule has 1 aromatic rings. The van der Waals surface area contributed by atoms with Crippen LogP contribution in [0.1, 0.15) is 18.9 Å². The van der Waals surface area contributed by atoms with Gasteiger partial charge < -0.3 is 15.2 Å². The third-order valence-electron chi connectivity index (χ3n) is 2.12. The van der Waals surface area contributed by atoms with Crippen LogP contribution in [0.15, 0.2) is 18.2 Å². The van der Waals surface area contributed by atoms with Gasteiger partial charge in [0.25, 0.3) is 0 Å². The Labute approximate surface area is 106 Å². The summed E-state index contributed by atoms with van der Waals surface area (Å²) in [6, 6.07) is 4.52. The van der Waals surface area contributed by atoms with Crippen molar-refractivity contribution >= 4 is 17.2 Å². The predicted molar refractivity (Wildman–Crippen MR) is 68.9 cm³/mol. The van der Waals surface area contributed by atoms with Crippen molar-refractivity contribution in [2.24, 2.45) is 5.73 Å². The molecule has 17 heavy (non-hydrogen) atoms. The van der Waals surface area contributed by atoms with Gasteiger partial charge in [-0.15, -0.1) is 0 Å². The lowest BCUT2D eigenvalue weighted by Crippen LogP contribution is -2.14. The van der Waals surface area contributed by atoms with Gasteiger partial charge in [0, 0.05) is 19.6 Å². The first-order valence-electron chi connectivity index (χ1n) is 5.45. The molecule has 1 rings (SSSR count). The van der Waals surface area contributed by atoms with E-state index >= 15 is 0 Å². The second-order valence-corrected chi connectivity index (χ2v) is 3.82. The Bertz CT molecular complexity index is 385. The van der Waals surface area contributed by atoms with Gasteiger partial charge in [-0.05, 0) is 19.1 Å². The second kappa shape index (κ2) is 7.19. The molecule has 0 spiro atoms. The predicted octanol–water partition coefficient (Wildman–Crippen LogP) is 2.27. The molecule has 0 aliphatic carbocycles. The molecule has 0 aromatic heterocycles. The van der Waals surface area contributed by atoms with Gasteiger partial charge in [0.1, 0.15) is 16.6 Å². The molecule has 94 valence electrons. The molecule has 0 atom stereocenters. The van der Waals surface area contributed by atoms with E-state index < -0.39 is 5.82 Å². The highest BCUT2D eigenvalue weighted by molar-refractivity contribution is 7.80. The summed E-state index contributed by atoms with van der Waals surface area (Å²) in [5.41, 5.74) is 5.62. The normalized spacial score (nSPS) is 10.2. The molecule has 0 bridgehead atoms. The fraction of sp³-hybridized carbons (Fsp3) is 0.417. The minimum atomic E-state index is -0.459. The molecule has 2 N–H and O–H groups in total. The van der Waals surface area contributed by atoms with Gasteiger partial charge >= 0.3 is 0 Å². The van der Waals surface area contributed by atoms with Crippen molar-refractivity contribution in [3.63, 3.8) is 0 Å².